The zero-order chi connectivity index (χ0) is 21.1. The second kappa shape index (κ2) is 8.49. The van der Waals surface area contributed by atoms with Gasteiger partial charge >= 0.3 is 5.97 Å². The Balaban J connectivity index is 2.61. The molecule has 7 heteroatoms. The molecule has 0 aliphatic carbocycles. The first-order valence-corrected chi connectivity index (χ1v) is 9.15. The molecule has 0 N–H and O–H groups in total. The summed E-state index contributed by atoms with van der Waals surface area (Å²) in [6, 6.07) is 9.88. The highest BCUT2D eigenvalue weighted by atomic mass is 35.5. The van der Waals surface area contributed by atoms with Crippen molar-refractivity contribution < 1.29 is 14.3 Å². The Kier molecular flexibility index (Phi) is 6.52. The number of aromatic nitrogens is 2. The van der Waals surface area contributed by atoms with Crippen LogP contribution in [0.25, 0.3) is 11.3 Å². The monoisotopic (exact) mass is 401 g/mol. The predicted molar refractivity (Wildman–Crippen MR) is 108 cm³/mol. The summed E-state index contributed by atoms with van der Waals surface area (Å²) in [4.78, 5) is 11.1. The van der Waals surface area contributed by atoms with Gasteiger partial charge in [-0.15, -0.1) is 0 Å². The van der Waals surface area contributed by atoms with E-state index in [4.69, 9.17) is 21.1 Å². The minimum absolute atomic E-state index is 0.00777. The Labute approximate surface area is 170 Å². The molecule has 28 heavy (non-hydrogen) atoms. The van der Waals surface area contributed by atoms with E-state index < -0.39 is 5.97 Å². The molecule has 0 fully saturated rings. The molecule has 2 aromatic rings. The number of hydrogen-bond acceptors (Lipinski definition) is 5. The van der Waals surface area contributed by atoms with E-state index in [0.29, 0.717) is 22.0 Å². The number of carbonyl (C=O) groups excluding carboxylic acids is 1. The second-order valence-electron chi connectivity index (χ2n) is 7.41. The van der Waals surface area contributed by atoms with Gasteiger partial charge in [-0.25, -0.2) is 0 Å². The first-order valence-electron chi connectivity index (χ1n) is 8.77. The van der Waals surface area contributed by atoms with Crippen LogP contribution < -0.4 is 0 Å². The number of nitrogens with zero attached hydrogens (tertiary/aromatic N) is 3. The van der Waals surface area contributed by atoms with Gasteiger partial charge in [0, 0.05) is 14.0 Å². The SMILES string of the molecule is CC(=O)OCO/C(=C(/C#N)c1ccc(C(C)(C)C)cc1)c1c(Cl)c(C)nn1C. The fourth-order valence-corrected chi connectivity index (χ4v) is 2.94. The van der Waals surface area contributed by atoms with Gasteiger partial charge in [-0.05, 0) is 23.5 Å². The number of esters is 1. The van der Waals surface area contributed by atoms with E-state index in [2.05, 4.69) is 31.9 Å². The highest BCUT2D eigenvalue weighted by Gasteiger charge is 2.23. The Morgan fingerprint density at radius 1 is 1.25 bits per heavy atom. The number of carbonyl (C=O) groups is 1. The summed E-state index contributed by atoms with van der Waals surface area (Å²) in [7, 11) is 1.71. The molecule has 2 rings (SSSR count). The van der Waals surface area contributed by atoms with Crippen molar-refractivity contribution in [3.63, 3.8) is 0 Å². The molecule has 148 valence electrons. The number of aryl methyl sites for hydroxylation is 2. The van der Waals surface area contributed by atoms with Crippen LogP contribution in [0.1, 0.15) is 50.2 Å². The third-order valence-corrected chi connectivity index (χ3v) is 4.66. The average Bonchev–Trinajstić information content (AvgIpc) is 2.86. The lowest BCUT2D eigenvalue weighted by molar-refractivity contribution is -0.148. The predicted octanol–water partition coefficient (Wildman–Crippen LogP) is 4.61. The van der Waals surface area contributed by atoms with Crippen LogP contribution in [0.3, 0.4) is 0 Å². The Morgan fingerprint density at radius 2 is 1.86 bits per heavy atom. The quantitative estimate of drug-likeness (QED) is 0.316. The summed E-state index contributed by atoms with van der Waals surface area (Å²) in [5.74, 6) is -0.278. The van der Waals surface area contributed by atoms with Crippen molar-refractivity contribution in [1.29, 1.82) is 5.26 Å². The van der Waals surface area contributed by atoms with Crippen LogP contribution >= 0.6 is 11.6 Å². The van der Waals surface area contributed by atoms with E-state index in [1.807, 2.05) is 24.3 Å². The minimum atomic E-state index is -0.486. The largest absolute Gasteiger partial charge is 0.454 e. The highest BCUT2D eigenvalue weighted by molar-refractivity contribution is 6.33. The van der Waals surface area contributed by atoms with Crippen molar-refractivity contribution in [2.75, 3.05) is 6.79 Å². The van der Waals surface area contributed by atoms with Crippen LogP contribution in [0.4, 0.5) is 0 Å². The van der Waals surface area contributed by atoms with Crippen molar-refractivity contribution in [2.45, 2.75) is 40.0 Å². The first-order chi connectivity index (χ1) is 13.1. The second-order valence-corrected chi connectivity index (χ2v) is 7.79. The van der Waals surface area contributed by atoms with Gasteiger partial charge in [0.15, 0.2) is 5.76 Å². The number of halogens is 1. The molecule has 0 radical (unpaired) electrons. The fraction of sp³-hybridized carbons (Fsp3) is 0.381. The third kappa shape index (κ3) is 4.73. The highest BCUT2D eigenvalue weighted by Crippen LogP contribution is 2.34. The number of benzene rings is 1. The molecule has 0 atom stereocenters. The van der Waals surface area contributed by atoms with Gasteiger partial charge in [0.2, 0.25) is 6.79 Å². The van der Waals surface area contributed by atoms with Gasteiger partial charge in [0.25, 0.3) is 0 Å². The van der Waals surface area contributed by atoms with Gasteiger partial charge in [0.05, 0.1) is 10.7 Å². The van der Waals surface area contributed by atoms with Gasteiger partial charge in [0.1, 0.15) is 17.3 Å². The third-order valence-electron chi connectivity index (χ3n) is 4.21. The van der Waals surface area contributed by atoms with Crippen LogP contribution in [0, 0.1) is 18.3 Å². The fourth-order valence-electron chi connectivity index (χ4n) is 2.69. The zero-order valence-electron chi connectivity index (χ0n) is 17.0. The van der Waals surface area contributed by atoms with Crippen molar-refractivity contribution in [2.24, 2.45) is 7.05 Å². The topological polar surface area (TPSA) is 77.1 Å². The number of hydrogen-bond donors (Lipinski definition) is 0. The standard InChI is InChI=1S/C21H24ClN3O3/c1-13-18(22)19(25(6)24-13)20(28-12-27-14(2)26)17(11-23)15-7-9-16(10-8-15)21(3,4)5/h7-10H,12H2,1-6H3/b20-17-. The lowest BCUT2D eigenvalue weighted by Crippen LogP contribution is -2.11. The number of allylic oxidation sites excluding steroid dienone is 1. The first kappa shape index (κ1) is 21.5. The minimum Gasteiger partial charge on any atom is -0.454 e. The van der Waals surface area contributed by atoms with Gasteiger partial charge < -0.3 is 9.47 Å². The lowest BCUT2D eigenvalue weighted by Gasteiger charge is -2.19. The molecule has 1 aromatic heterocycles. The molecule has 0 amide bonds. The molecular formula is C21H24ClN3O3. The molecule has 1 aromatic carbocycles. The maximum Gasteiger partial charge on any atom is 0.305 e. The Morgan fingerprint density at radius 3 is 2.29 bits per heavy atom. The molecule has 0 saturated carbocycles. The lowest BCUT2D eigenvalue weighted by atomic mass is 9.86. The van der Waals surface area contributed by atoms with Gasteiger partial charge in [-0.2, -0.15) is 10.4 Å². The molecular weight excluding hydrogens is 378 g/mol. The van der Waals surface area contributed by atoms with Crippen LogP contribution in [0.5, 0.6) is 0 Å². The summed E-state index contributed by atoms with van der Waals surface area (Å²) in [6.45, 7) is 9.07. The molecule has 0 saturated heterocycles. The van der Waals surface area contributed by atoms with Crippen molar-refractivity contribution in [3.8, 4) is 6.07 Å². The van der Waals surface area contributed by atoms with E-state index in [9.17, 15) is 10.1 Å². The number of rotatable bonds is 5. The van der Waals surface area contributed by atoms with Crippen molar-refractivity contribution >= 4 is 28.9 Å². The zero-order valence-corrected chi connectivity index (χ0v) is 17.7. The number of nitriles is 1. The summed E-state index contributed by atoms with van der Waals surface area (Å²) in [5, 5.41) is 14.5. The van der Waals surface area contributed by atoms with Gasteiger partial charge in [-0.3, -0.25) is 9.48 Å². The summed E-state index contributed by atoms with van der Waals surface area (Å²) in [6.07, 6.45) is 0. The molecule has 1 heterocycles. The summed E-state index contributed by atoms with van der Waals surface area (Å²) >= 11 is 6.41. The van der Waals surface area contributed by atoms with Crippen LogP contribution in [-0.4, -0.2) is 22.5 Å². The smallest absolute Gasteiger partial charge is 0.305 e. The molecule has 0 spiro atoms. The van der Waals surface area contributed by atoms with E-state index in [-0.39, 0.29) is 23.5 Å². The molecule has 0 aliphatic heterocycles. The van der Waals surface area contributed by atoms with Crippen LogP contribution in [0.2, 0.25) is 5.02 Å². The Bertz CT molecular complexity index is 945. The van der Waals surface area contributed by atoms with E-state index >= 15 is 0 Å². The van der Waals surface area contributed by atoms with Crippen molar-refractivity contribution in [1.82, 2.24) is 9.78 Å². The normalized spacial score (nSPS) is 12.2. The average molecular weight is 402 g/mol. The summed E-state index contributed by atoms with van der Waals surface area (Å²) in [5.41, 5.74) is 3.13. The van der Waals surface area contributed by atoms with Crippen LogP contribution in [-0.2, 0) is 26.7 Å². The van der Waals surface area contributed by atoms with Crippen molar-refractivity contribution in [3.05, 3.63) is 51.8 Å². The Hall–Kier alpha value is -2.78. The van der Waals surface area contributed by atoms with E-state index in [1.54, 1.807) is 18.7 Å². The van der Waals surface area contributed by atoms with Crippen LogP contribution in [0.15, 0.2) is 24.3 Å². The van der Waals surface area contributed by atoms with E-state index in [0.717, 1.165) is 5.56 Å². The molecule has 0 aliphatic rings. The molecule has 0 bridgehead atoms. The van der Waals surface area contributed by atoms with E-state index in [1.165, 1.54) is 6.92 Å². The molecule has 0 unspecified atom stereocenters. The maximum absolute atomic E-state index is 11.1. The number of ether oxygens (including phenoxy) is 2. The van der Waals surface area contributed by atoms with Gasteiger partial charge in [-0.1, -0.05) is 56.6 Å². The summed E-state index contributed by atoms with van der Waals surface area (Å²) < 4.78 is 12.1. The maximum atomic E-state index is 11.1. The molecule has 6 nitrogen and oxygen atoms in total.